The summed E-state index contributed by atoms with van der Waals surface area (Å²) in [4.78, 5) is 14.2. The molecule has 0 unspecified atom stereocenters. The smallest absolute Gasteiger partial charge is 0.490 e. The van der Waals surface area contributed by atoms with Gasteiger partial charge in [0.2, 0.25) is 0 Å². The number of piperidine rings is 1. The van der Waals surface area contributed by atoms with Crippen LogP contribution in [0.3, 0.4) is 0 Å². The van der Waals surface area contributed by atoms with Crippen LogP contribution in [0.5, 0.6) is 5.75 Å². The van der Waals surface area contributed by atoms with Crippen LogP contribution >= 0.6 is 0 Å². The van der Waals surface area contributed by atoms with Crippen molar-refractivity contribution in [2.45, 2.75) is 102 Å². The first-order chi connectivity index (χ1) is 18.7. The lowest BCUT2D eigenvalue weighted by atomic mass is 9.79. The molecule has 2 aromatic rings. The fourth-order valence-electron chi connectivity index (χ4n) is 5.42. The van der Waals surface area contributed by atoms with Gasteiger partial charge in [-0.2, -0.15) is 0 Å². The summed E-state index contributed by atoms with van der Waals surface area (Å²) in [5.41, 5.74) is 1.31. The normalized spacial score (nSPS) is 24.9. The largest absolute Gasteiger partial charge is 0.494 e. The van der Waals surface area contributed by atoms with Gasteiger partial charge in [-0.15, -0.1) is 0 Å². The highest BCUT2D eigenvalue weighted by molar-refractivity contribution is 6.62. The topological polar surface area (TPSA) is 66.5 Å². The van der Waals surface area contributed by atoms with Gasteiger partial charge in [0.05, 0.1) is 29.5 Å². The minimum absolute atomic E-state index is 0.202. The average Bonchev–Trinajstić information content (AvgIpc) is 3.16. The summed E-state index contributed by atoms with van der Waals surface area (Å²) in [5, 5.41) is 0. The van der Waals surface area contributed by atoms with Gasteiger partial charge in [0.15, 0.2) is 0 Å². The third-order valence-electron chi connectivity index (χ3n) is 8.62. The minimum atomic E-state index is -0.358. The Morgan fingerprint density at radius 1 is 0.821 bits per heavy atom. The lowest BCUT2D eigenvalue weighted by Crippen LogP contribution is -2.42. The Balaban J connectivity index is 0.996. The van der Waals surface area contributed by atoms with Crippen LogP contribution in [0.1, 0.15) is 71.8 Å². The molecule has 0 bridgehead atoms. The van der Waals surface area contributed by atoms with E-state index in [4.69, 9.17) is 23.5 Å². The molecule has 0 aromatic heterocycles. The van der Waals surface area contributed by atoms with Crippen LogP contribution in [-0.2, 0) is 25.4 Å². The number of ether oxygens (including phenoxy) is 3. The first kappa shape index (κ1) is 28.0. The van der Waals surface area contributed by atoms with Gasteiger partial charge in [0.25, 0.3) is 0 Å². The lowest BCUT2D eigenvalue weighted by molar-refractivity contribution is -0.0652. The molecule has 0 atom stereocenters. The highest BCUT2D eigenvalue weighted by Crippen LogP contribution is 2.36. The van der Waals surface area contributed by atoms with E-state index in [2.05, 4.69) is 27.7 Å². The zero-order valence-electron chi connectivity index (χ0n) is 23.8. The van der Waals surface area contributed by atoms with Gasteiger partial charge in [-0.05, 0) is 89.4 Å². The standard InChI is InChI=1S/C31H42BNO6/c1-30(2)31(3,4)39-32(38-30)24-10-12-25(13-11-24)36-26-14-16-27(17-15-26)37-28-18-20-33(21-19-28)29(34)35-22-23-8-6-5-7-9-23/h5-13,26-28H,14-22H2,1-4H3/t26-,27+. The van der Waals surface area contributed by atoms with E-state index >= 15 is 0 Å². The van der Waals surface area contributed by atoms with Crippen LogP contribution in [-0.4, -0.2) is 60.7 Å². The molecule has 2 aliphatic heterocycles. The predicted octanol–water partition coefficient (Wildman–Crippen LogP) is 5.49. The lowest BCUT2D eigenvalue weighted by Gasteiger charge is -2.35. The fourth-order valence-corrected chi connectivity index (χ4v) is 5.42. The summed E-state index contributed by atoms with van der Waals surface area (Å²) in [5.74, 6) is 0.881. The number of hydrogen-bond donors (Lipinski definition) is 0. The molecule has 210 valence electrons. The predicted molar refractivity (Wildman–Crippen MR) is 151 cm³/mol. The number of benzene rings is 2. The van der Waals surface area contributed by atoms with E-state index in [-0.39, 0.29) is 42.7 Å². The number of rotatable bonds is 7. The van der Waals surface area contributed by atoms with Crippen LogP contribution in [0.15, 0.2) is 54.6 Å². The second kappa shape index (κ2) is 11.9. The van der Waals surface area contributed by atoms with Crippen LogP contribution in [0, 0.1) is 0 Å². The summed E-state index contributed by atoms with van der Waals surface area (Å²) in [6.45, 7) is 9.94. The molecule has 2 heterocycles. The Morgan fingerprint density at radius 3 is 2.00 bits per heavy atom. The number of carbonyl (C=O) groups is 1. The van der Waals surface area contributed by atoms with Crippen molar-refractivity contribution in [3.63, 3.8) is 0 Å². The molecule has 0 spiro atoms. The Hall–Kier alpha value is -2.55. The Kier molecular flexibility index (Phi) is 8.55. The third-order valence-corrected chi connectivity index (χ3v) is 8.62. The second-order valence-corrected chi connectivity index (χ2v) is 12.0. The molecule has 39 heavy (non-hydrogen) atoms. The molecule has 5 rings (SSSR count). The molecule has 1 amide bonds. The zero-order chi connectivity index (χ0) is 27.5. The maximum absolute atomic E-state index is 12.4. The van der Waals surface area contributed by atoms with Crippen molar-refractivity contribution in [2.75, 3.05) is 13.1 Å². The van der Waals surface area contributed by atoms with Gasteiger partial charge in [-0.25, -0.2) is 4.79 Å². The molecule has 2 saturated heterocycles. The molecule has 1 saturated carbocycles. The molecular formula is C31H42BNO6. The zero-order valence-corrected chi connectivity index (χ0v) is 23.8. The summed E-state index contributed by atoms with van der Waals surface area (Å²) in [7, 11) is -0.358. The molecule has 8 heteroatoms. The van der Waals surface area contributed by atoms with Crippen molar-refractivity contribution < 1.29 is 28.3 Å². The van der Waals surface area contributed by atoms with Gasteiger partial charge >= 0.3 is 13.2 Å². The Bertz CT molecular complexity index is 1060. The van der Waals surface area contributed by atoms with E-state index in [0.717, 1.165) is 55.3 Å². The van der Waals surface area contributed by atoms with Crippen molar-refractivity contribution in [1.82, 2.24) is 4.90 Å². The van der Waals surface area contributed by atoms with Gasteiger partial charge in [-0.1, -0.05) is 42.5 Å². The maximum atomic E-state index is 12.4. The fraction of sp³-hybridized carbons (Fsp3) is 0.581. The van der Waals surface area contributed by atoms with Crippen molar-refractivity contribution in [3.05, 3.63) is 60.2 Å². The average molecular weight is 535 g/mol. The molecule has 1 aliphatic carbocycles. The van der Waals surface area contributed by atoms with Crippen molar-refractivity contribution in [2.24, 2.45) is 0 Å². The van der Waals surface area contributed by atoms with Crippen LogP contribution in [0.4, 0.5) is 4.79 Å². The number of likely N-dealkylation sites (tertiary alicyclic amines) is 1. The maximum Gasteiger partial charge on any atom is 0.494 e. The van der Waals surface area contributed by atoms with Gasteiger partial charge < -0.3 is 28.4 Å². The van der Waals surface area contributed by atoms with Crippen LogP contribution in [0.25, 0.3) is 0 Å². The van der Waals surface area contributed by atoms with E-state index in [1.165, 1.54) is 0 Å². The first-order valence-corrected chi connectivity index (χ1v) is 14.4. The van der Waals surface area contributed by atoms with Crippen molar-refractivity contribution in [1.29, 1.82) is 0 Å². The van der Waals surface area contributed by atoms with Crippen LogP contribution in [0.2, 0.25) is 0 Å². The van der Waals surface area contributed by atoms with Crippen molar-refractivity contribution >= 4 is 18.7 Å². The Morgan fingerprint density at radius 2 is 1.38 bits per heavy atom. The molecule has 0 radical (unpaired) electrons. The Labute approximate surface area is 233 Å². The number of carbonyl (C=O) groups excluding carboxylic acids is 1. The van der Waals surface area contributed by atoms with Gasteiger partial charge in [-0.3, -0.25) is 0 Å². The SMILES string of the molecule is CC1(C)OB(c2ccc(O[C@H]3CC[C@@H](OC4CCN(C(=O)OCc5ccccc5)CC4)CC3)cc2)OC1(C)C. The summed E-state index contributed by atoms with van der Waals surface area (Å²) >= 11 is 0. The molecule has 3 aliphatic rings. The summed E-state index contributed by atoms with van der Waals surface area (Å²) < 4.78 is 30.5. The van der Waals surface area contributed by atoms with Gasteiger partial charge in [0, 0.05) is 13.1 Å². The molecule has 2 aromatic carbocycles. The third kappa shape index (κ3) is 6.97. The van der Waals surface area contributed by atoms with E-state index in [1.807, 2.05) is 54.6 Å². The summed E-state index contributed by atoms with van der Waals surface area (Å²) in [6.07, 6.45) is 6.09. The van der Waals surface area contributed by atoms with E-state index in [0.29, 0.717) is 19.7 Å². The molecule has 7 nitrogen and oxygen atoms in total. The molecular weight excluding hydrogens is 493 g/mol. The quantitative estimate of drug-likeness (QED) is 0.437. The minimum Gasteiger partial charge on any atom is -0.490 e. The van der Waals surface area contributed by atoms with E-state index in [1.54, 1.807) is 4.90 Å². The van der Waals surface area contributed by atoms with Crippen LogP contribution < -0.4 is 10.2 Å². The van der Waals surface area contributed by atoms with E-state index in [9.17, 15) is 4.79 Å². The summed E-state index contributed by atoms with van der Waals surface area (Å²) in [6, 6.07) is 17.9. The monoisotopic (exact) mass is 535 g/mol. The van der Waals surface area contributed by atoms with Crippen molar-refractivity contribution in [3.8, 4) is 5.75 Å². The van der Waals surface area contributed by atoms with Gasteiger partial charge in [0.1, 0.15) is 12.4 Å². The number of nitrogens with zero attached hydrogens (tertiary/aromatic N) is 1. The number of hydrogen-bond acceptors (Lipinski definition) is 6. The molecule has 0 N–H and O–H groups in total. The highest BCUT2D eigenvalue weighted by atomic mass is 16.7. The first-order valence-electron chi connectivity index (χ1n) is 14.4. The second-order valence-electron chi connectivity index (χ2n) is 12.0. The van der Waals surface area contributed by atoms with E-state index < -0.39 is 0 Å². The number of amides is 1. The molecule has 3 fully saturated rings. The highest BCUT2D eigenvalue weighted by Gasteiger charge is 2.51.